The Balaban J connectivity index is 1.46. The second-order valence-electron chi connectivity index (χ2n) is 8.93. The molecule has 2 N–H and O–H groups in total. The third-order valence-corrected chi connectivity index (χ3v) is 6.86. The molecule has 3 rings (SSSR count). The summed E-state index contributed by atoms with van der Waals surface area (Å²) < 4.78 is 48.8. The number of carbonyl (C=O) groups is 2. The van der Waals surface area contributed by atoms with Crippen LogP contribution in [0.3, 0.4) is 0 Å². The maximum atomic E-state index is 13.1. The normalized spacial score (nSPS) is 11.8. The predicted octanol–water partition coefficient (Wildman–Crippen LogP) is 5.23. The molecule has 1 aromatic heterocycles. The molecule has 0 aliphatic carbocycles. The first-order valence-electron chi connectivity index (χ1n) is 11.3. The van der Waals surface area contributed by atoms with Gasteiger partial charge < -0.3 is 19.6 Å². The molecule has 0 atom stereocenters. The van der Waals surface area contributed by atoms with Gasteiger partial charge in [0.05, 0.1) is 10.2 Å². The van der Waals surface area contributed by atoms with Gasteiger partial charge in [0.25, 0.3) is 0 Å². The molecule has 0 unspecified atom stereocenters. The number of benzene rings is 2. The molecule has 0 spiro atoms. The molecular weight excluding hydrogens is 509 g/mol. The van der Waals surface area contributed by atoms with Gasteiger partial charge in [0.2, 0.25) is 5.91 Å². The number of amides is 2. The number of nitrogens with zero attached hydrogens (tertiary/aromatic N) is 1. The number of hydrogen-bond donors (Lipinski definition) is 2. The Morgan fingerprint density at radius 2 is 1.78 bits per heavy atom. The number of aromatic nitrogens is 1. The molecule has 36 heavy (non-hydrogen) atoms. The molecule has 0 radical (unpaired) electrons. The van der Waals surface area contributed by atoms with Gasteiger partial charge in [-0.2, -0.15) is 8.42 Å². The highest BCUT2D eigenvalue weighted by atomic mass is 32.2. The number of rotatable bonds is 10. The van der Waals surface area contributed by atoms with E-state index in [0.717, 1.165) is 37.1 Å². The molecule has 9 nitrogen and oxygen atoms in total. The van der Waals surface area contributed by atoms with Crippen molar-refractivity contribution in [1.82, 2.24) is 10.3 Å². The van der Waals surface area contributed by atoms with Crippen molar-refractivity contribution >= 4 is 48.8 Å². The number of hydrogen-bond acceptors (Lipinski definition) is 8. The first kappa shape index (κ1) is 27.3. The van der Waals surface area contributed by atoms with Crippen LogP contribution >= 0.6 is 11.3 Å². The van der Waals surface area contributed by atoms with Crippen LogP contribution < -0.4 is 14.8 Å². The van der Waals surface area contributed by atoms with Crippen molar-refractivity contribution in [3.05, 3.63) is 48.3 Å². The van der Waals surface area contributed by atoms with Crippen molar-refractivity contribution in [2.24, 2.45) is 0 Å². The highest BCUT2D eigenvalue weighted by Crippen LogP contribution is 2.30. The number of nitrogens with one attached hydrogen (secondary N) is 2. The van der Waals surface area contributed by atoms with Crippen LogP contribution in [0.5, 0.6) is 5.75 Å². The second-order valence-corrected chi connectivity index (χ2v) is 11.5. The fourth-order valence-electron chi connectivity index (χ4n) is 3.06. The number of anilines is 1. The first-order valence-corrected chi connectivity index (χ1v) is 13.5. The van der Waals surface area contributed by atoms with Crippen LogP contribution in [0.2, 0.25) is 0 Å². The Kier molecular flexibility index (Phi) is 8.85. The van der Waals surface area contributed by atoms with E-state index in [2.05, 4.69) is 15.6 Å². The van der Waals surface area contributed by atoms with Gasteiger partial charge in [0.1, 0.15) is 22.1 Å². The molecule has 0 aliphatic rings. The summed E-state index contributed by atoms with van der Waals surface area (Å²) in [7, 11) is -4.12. The molecule has 2 amide bonds. The average molecular weight is 538 g/mol. The lowest BCUT2D eigenvalue weighted by molar-refractivity contribution is -0.116. The minimum atomic E-state index is -4.12. The summed E-state index contributed by atoms with van der Waals surface area (Å²) in [4.78, 5) is 28.0. The van der Waals surface area contributed by atoms with Gasteiger partial charge >= 0.3 is 16.2 Å². The molecule has 0 aliphatic heterocycles. The van der Waals surface area contributed by atoms with Gasteiger partial charge in [-0.1, -0.05) is 17.8 Å². The van der Waals surface area contributed by atoms with E-state index in [9.17, 15) is 22.4 Å². The third-order valence-electron chi connectivity index (χ3n) is 4.66. The third kappa shape index (κ3) is 8.45. The molecule has 3 aromatic rings. The molecule has 2 aromatic carbocycles. The SMILES string of the molecule is CC(C)(C)OC(=O)NCCCCCC(=O)Nc1nc2ccc(OS(=O)(=O)c3ccc(F)cc3)cc2s1. The molecule has 0 fully saturated rings. The van der Waals surface area contributed by atoms with Gasteiger partial charge in [0, 0.05) is 19.0 Å². The smallest absolute Gasteiger partial charge is 0.407 e. The van der Waals surface area contributed by atoms with Gasteiger partial charge in [-0.15, -0.1) is 0 Å². The minimum absolute atomic E-state index is 0.0772. The zero-order valence-corrected chi connectivity index (χ0v) is 21.8. The van der Waals surface area contributed by atoms with Crippen molar-refractivity contribution in [2.75, 3.05) is 11.9 Å². The lowest BCUT2D eigenvalue weighted by atomic mass is 10.2. The number of carbonyl (C=O) groups excluding carboxylic acids is 2. The molecule has 1 heterocycles. The standard InChI is InChI=1S/C24H28FN3O6S2/c1-24(2,3)33-23(30)26-14-6-4-5-7-21(29)28-22-27-19-13-10-17(15-20(19)35-22)34-36(31,32)18-11-8-16(25)9-12-18/h8-13,15H,4-7,14H2,1-3H3,(H,26,30)(H,27,28,29). The van der Waals surface area contributed by atoms with Crippen LogP contribution in [0.4, 0.5) is 14.3 Å². The summed E-state index contributed by atoms with van der Waals surface area (Å²) in [6.45, 7) is 5.85. The topological polar surface area (TPSA) is 124 Å². The highest BCUT2D eigenvalue weighted by Gasteiger charge is 2.18. The Bertz CT molecular complexity index is 1320. The zero-order valence-electron chi connectivity index (χ0n) is 20.2. The molecule has 0 saturated carbocycles. The second kappa shape index (κ2) is 11.7. The molecule has 0 bridgehead atoms. The lowest BCUT2D eigenvalue weighted by Gasteiger charge is -2.19. The van der Waals surface area contributed by atoms with Crippen molar-refractivity contribution < 1.29 is 31.3 Å². The van der Waals surface area contributed by atoms with Crippen LogP contribution in [-0.2, 0) is 19.6 Å². The van der Waals surface area contributed by atoms with Crippen LogP contribution in [0.15, 0.2) is 47.4 Å². The Morgan fingerprint density at radius 3 is 2.47 bits per heavy atom. The van der Waals surface area contributed by atoms with E-state index in [0.29, 0.717) is 34.7 Å². The number of thiazole rings is 1. The van der Waals surface area contributed by atoms with Crippen molar-refractivity contribution in [3.8, 4) is 5.75 Å². The summed E-state index contributed by atoms with van der Waals surface area (Å²) in [6, 6.07) is 8.90. The summed E-state index contributed by atoms with van der Waals surface area (Å²) in [6.07, 6.45) is 1.96. The summed E-state index contributed by atoms with van der Waals surface area (Å²) in [5, 5.41) is 5.82. The quantitative estimate of drug-likeness (QED) is 0.268. The van der Waals surface area contributed by atoms with Crippen LogP contribution in [0.1, 0.15) is 46.5 Å². The van der Waals surface area contributed by atoms with Gasteiger partial charge in [-0.05, 0) is 70.0 Å². The summed E-state index contributed by atoms with van der Waals surface area (Å²) in [5.74, 6) is -0.664. The minimum Gasteiger partial charge on any atom is -0.444 e. The number of alkyl carbamates (subject to hydrolysis) is 1. The van der Waals surface area contributed by atoms with Gasteiger partial charge in [-0.25, -0.2) is 14.2 Å². The molecular formula is C24H28FN3O6S2. The van der Waals surface area contributed by atoms with Gasteiger partial charge in [0.15, 0.2) is 5.13 Å². The van der Waals surface area contributed by atoms with E-state index in [1.165, 1.54) is 23.5 Å². The molecule has 0 saturated heterocycles. The monoisotopic (exact) mass is 537 g/mol. The van der Waals surface area contributed by atoms with E-state index in [1.54, 1.807) is 26.8 Å². The lowest BCUT2D eigenvalue weighted by Crippen LogP contribution is -2.33. The Labute approximate surface area is 213 Å². The predicted molar refractivity (Wildman–Crippen MR) is 135 cm³/mol. The number of unbranched alkanes of at least 4 members (excludes halogenated alkanes) is 2. The van der Waals surface area contributed by atoms with E-state index in [4.69, 9.17) is 8.92 Å². The largest absolute Gasteiger partial charge is 0.444 e. The maximum absolute atomic E-state index is 13.1. The van der Waals surface area contributed by atoms with E-state index in [-0.39, 0.29) is 16.6 Å². The van der Waals surface area contributed by atoms with Crippen LogP contribution in [-0.4, -0.2) is 37.5 Å². The highest BCUT2D eigenvalue weighted by molar-refractivity contribution is 7.87. The average Bonchev–Trinajstić information content (AvgIpc) is 3.16. The van der Waals surface area contributed by atoms with Crippen LogP contribution in [0.25, 0.3) is 10.2 Å². The van der Waals surface area contributed by atoms with Crippen molar-refractivity contribution in [2.45, 2.75) is 57.0 Å². The summed E-state index contributed by atoms with van der Waals surface area (Å²) in [5.41, 5.74) is 0.0362. The molecule has 12 heteroatoms. The van der Waals surface area contributed by atoms with Crippen LogP contribution in [0, 0.1) is 5.82 Å². The molecule has 194 valence electrons. The zero-order chi connectivity index (χ0) is 26.3. The van der Waals surface area contributed by atoms with E-state index in [1.807, 2.05) is 0 Å². The number of fused-ring (bicyclic) bond motifs is 1. The summed E-state index contributed by atoms with van der Waals surface area (Å²) >= 11 is 1.19. The van der Waals surface area contributed by atoms with Crippen molar-refractivity contribution in [3.63, 3.8) is 0 Å². The first-order chi connectivity index (χ1) is 16.9. The van der Waals surface area contributed by atoms with Crippen molar-refractivity contribution in [1.29, 1.82) is 0 Å². The Hall–Kier alpha value is -3.25. The maximum Gasteiger partial charge on any atom is 0.407 e. The Morgan fingerprint density at radius 1 is 1.06 bits per heavy atom. The van der Waals surface area contributed by atoms with Gasteiger partial charge in [-0.3, -0.25) is 4.79 Å². The number of ether oxygens (including phenoxy) is 1. The number of halogens is 1. The van der Waals surface area contributed by atoms with E-state index >= 15 is 0 Å². The fourth-order valence-corrected chi connectivity index (χ4v) is 4.89. The van der Waals surface area contributed by atoms with E-state index < -0.39 is 27.6 Å². The fraction of sp³-hybridized carbons (Fsp3) is 0.375.